The van der Waals surface area contributed by atoms with E-state index in [-0.39, 0.29) is 0 Å². The molecule has 0 unspecified atom stereocenters. The van der Waals surface area contributed by atoms with E-state index >= 15 is 0 Å². The maximum absolute atomic E-state index is 6.09. The highest BCUT2D eigenvalue weighted by atomic mass is 28.4. The summed E-state index contributed by atoms with van der Waals surface area (Å²) in [4.78, 5) is 12.7. The van der Waals surface area contributed by atoms with E-state index in [1.807, 2.05) is 25.1 Å². The molecule has 0 amide bonds. The number of hydrogen-bond acceptors (Lipinski definition) is 4. The third-order valence-electron chi connectivity index (χ3n) is 2.53. The molecule has 5 heteroatoms. The molecule has 1 aromatic carbocycles. The SMILES string of the molecule is Cc1cccc(O[Si](C)(C)C)c1N=Cc1cnccn1. The van der Waals surface area contributed by atoms with Gasteiger partial charge in [0.25, 0.3) is 0 Å². The molecule has 2 rings (SSSR count). The maximum atomic E-state index is 6.09. The van der Waals surface area contributed by atoms with Crippen molar-refractivity contribution < 1.29 is 4.43 Å². The van der Waals surface area contributed by atoms with Gasteiger partial charge in [-0.05, 0) is 38.2 Å². The van der Waals surface area contributed by atoms with Gasteiger partial charge in [0.15, 0.2) is 0 Å². The van der Waals surface area contributed by atoms with Gasteiger partial charge in [-0.25, -0.2) is 0 Å². The van der Waals surface area contributed by atoms with Crippen LogP contribution in [-0.4, -0.2) is 24.5 Å². The van der Waals surface area contributed by atoms with Crippen molar-refractivity contribution in [1.29, 1.82) is 0 Å². The second-order valence-electron chi connectivity index (χ2n) is 5.52. The predicted octanol–water partition coefficient (Wildman–Crippen LogP) is 3.75. The zero-order chi connectivity index (χ0) is 14.6. The average Bonchev–Trinajstić information content (AvgIpc) is 2.37. The molecule has 0 atom stereocenters. The molecule has 0 bridgehead atoms. The van der Waals surface area contributed by atoms with E-state index in [4.69, 9.17) is 4.43 Å². The van der Waals surface area contributed by atoms with Crippen LogP contribution < -0.4 is 4.43 Å². The van der Waals surface area contributed by atoms with E-state index in [1.54, 1.807) is 24.8 Å². The molecule has 0 saturated carbocycles. The summed E-state index contributed by atoms with van der Waals surface area (Å²) in [6.07, 6.45) is 6.69. The third-order valence-corrected chi connectivity index (χ3v) is 3.36. The summed E-state index contributed by atoms with van der Waals surface area (Å²) in [6, 6.07) is 5.99. The quantitative estimate of drug-likeness (QED) is 0.635. The Morgan fingerprint density at radius 3 is 2.65 bits per heavy atom. The summed E-state index contributed by atoms with van der Waals surface area (Å²) >= 11 is 0. The van der Waals surface area contributed by atoms with Gasteiger partial charge in [0.05, 0.1) is 18.1 Å². The maximum Gasteiger partial charge on any atom is 0.242 e. The number of aryl methyl sites for hydroxylation is 1. The van der Waals surface area contributed by atoms with Crippen LogP contribution in [0.15, 0.2) is 41.8 Å². The van der Waals surface area contributed by atoms with E-state index in [0.29, 0.717) is 0 Å². The number of rotatable bonds is 4. The van der Waals surface area contributed by atoms with Crippen LogP contribution in [0.1, 0.15) is 11.3 Å². The Kier molecular flexibility index (Phi) is 4.29. The fraction of sp³-hybridized carbons (Fsp3) is 0.267. The van der Waals surface area contributed by atoms with E-state index < -0.39 is 8.32 Å². The van der Waals surface area contributed by atoms with Crippen molar-refractivity contribution in [3.63, 3.8) is 0 Å². The van der Waals surface area contributed by atoms with Crippen LogP contribution in [0.2, 0.25) is 19.6 Å². The van der Waals surface area contributed by atoms with Crippen LogP contribution in [0.4, 0.5) is 5.69 Å². The van der Waals surface area contributed by atoms with E-state index in [2.05, 4.69) is 34.6 Å². The van der Waals surface area contributed by atoms with Crippen LogP contribution in [0.25, 0.3) is 0 Å². The molecule has 0 aliphatic heterocycles. The first-order valence-corrected chi connectivity index (χ1v) is 9.95. The lowest BCUT2D eigenvalue weighted by Gasteiger charge is -2.21. The second kappa shape index (κ2) is 5.96. The zero-order valence-corrected chi connectivity index (χ0v) is 13.3. The first kappa shape index (κ1) is 14.4. The largest absolute Gasteiger partial charge is 0.543 e. The number of aliphatic imine (C=N–C) groups is 1. The second-order valence-corrected chi connectivity index (χ2v) is 9.95. The van der Waals surface area contributed by atoms with Crippen molar-refractivity contribution in [3.8, 4) is 5.75 Å². The molecule has 2 aromatic rings. The van der Waals surface area contributed by atoms with Crippen molar-refractivity contribution >= 4 is 20.2 Å². The zero-order valence-electron chi connectivity index (χ0n) is 12.3. The van der Waals surface area contributed by atoms with Crippen molar-refractivity contribution in [2.75, 3.05) is 0 Å². The summed E-state index contributed by atoms with van der Waals surface area (Å²) in [7, 11) is -1.66. The monoisotopic (exact) mass is 285 g/mol. The molecule has 4 nitrogen and oxygen atoms in total. The molecule has 104 valence electrons. The van der Waals surface area contributed by atoms with Gasteiger partial charge >= 0.3 is 0 Å². The molecule has 0 radical (unpaired) electrons. The third kappa shape index (κ3) is 3.99. The number of benzene rings is 1. The minimum atomic E-state index is -1.66. The van der Waals surface area contributed by atoms with Crippen molar-refractivity contribution in [2.24, 2.45) is 4.99 Å². The number of hydrogen-bond donors (Lipinski definition) is 0. The summed E-state index contributed by atoms with van der Waals surface area (Å²) < 4.78 is 6.09. The first-order chi connectivity index (χ1) is 9.46. The molecular formula is C15H19N3OSi. The molecule has 0 spiro atoms. The van der Waals surface area contributed by atoms with Crippen LogP contribution >= 0.6 is 0 Å². The van der Waals surface area contributed by atoms with Gasteiger partial charge in [0, 0.05) is 12.4 Å². The van der Waals surface area contributed by atoms with Crippen LogP contribution in [0, 0.1) is 6.92 Å². The Morgan fingerprint density at radius 1 is 1.20 bits per heavy atom. The Morgan fingerprint density at radius 2 is 2.00 bits per heavy atom. The van der Waals surface area contributed by atoms with Gasteiger partial charge in [-0.15, -0.1) is 0 Å². The molecule has 1 aromatic heterocycles. The van der Waals surface area contributed by atoms with Gasteiger partial charge in [-0.1, -0.05) is 12.1 Å². The first-order valence-electron chi connectivity index (χ1n) is 6.54. The normalized spacial score (nSPS) is 11.8. The smallest absolute Gasteiger partial charge is 0.242 e. The Labute approximate surface area is 120 Å². The average molecular weight is 285 g/mol. The van der Waals surface area contributed by atoms with E-state index in [0.717, 1.165) is 22.7 Å². The highest BCUT2D eigenvalue weighted by Crippen LogP contribution is 2.32. The van der Waals surface area contributed by atoms with Crippen molar-refractivity contribution in [1.82, 2.24) is 9.97 Å². The summed E-state index contributed by atoms with van der Waals surface area (Å²) in [5, 5.41) is 0. The lowest BCUT2D eigenvalue weighted by Crippen LogP contribution is -2.29. The fourth-order valence-corrected chi connectivity index (χ4v) is 2.54. The minimum Gasteiger partial charge on any atom is -0.543 e. The van der Waals surface area contributed by atoms with Crippen LogP contribution in [-0.2, 0) is 0 Å². The summed E-state index contributed by atoms with van der Waals surface area (Å²) in [5.41, 5.74) is 2.68. The number of para-hydroxylation sites is 1. The molecular weight excluding hydrogens is 266 g/mol. The molecule has 1 heterocycles. The highest BCUT2D eigenvalue weighted by molar-refractivity contribution is 6.70. The van der Waals surface area contributed by atoms with E-state index in [1.165, 1.54) is 0 Å². The minimum absolute atomic E-state index is 0.731. The standard InChI is InChI=1S/C15H19N3OSi/c1-12-6-5-7-14(19-20(2,3)4)15(12)18-11-13-10-16-8-9-17-13/h5-11H,1-4H3. The Bertz CT molecular complexity index is 606. The van der Waals surface area contributed by atoms with Crippen molar-refractivity contribution in [3.05, 3.63) is 48.0 Å². The summed E-state index contributed by atoms with van der Waals surface area (Å²) in [6.45, 7) is 8.50. The molecule has 0 aliphatic rings. The van der Waals surface area contributed by atoms with Gasteiger partial charge < -0.3 is 4.43 Å². The molecule has 0 aliphatic carbocycles. The Hall–Kier alpha value is -2.01. The molecule has 0 saturated heterocycles. The lowest BCUT2D eigenvalue weighted by molar-refractivity contribution is 0.558. The molecule has 20 heavy (non-hydrogen) atoms. The lowest BCUT2D eigenvalue weighted by atomic mass is 10.2. The van der Waals surface area contributed by atoms with Gasteiger partial charge in [0.2, 0.25) is 8.32 Å². The van der Waals surface area contributed by atoms with E-state index in [9.17, 15) is 0 Å². The fourth-order valence-electron chi connectivity index (χ4n) is 1.72. The predicted molar refractivity (Wildman–Crippen MR) is 84.4 cm³/mol. The molecule has 0 fully saturated rings. The van der Waals surface area contributed by atoms with Gasteiger partial charge in [-0.3, -0.25) is 15.0 Å². The van der Waals surface area contributed by atoms with Gasteiger partial charge in [0.1, 0.15) is 11.4 Å². The highest BCUT2D eigenvalue weighted by Gasteiger charge is 2.18. The number of nitrogens with zero attached hydrogens (tertiary/aromatic N) is 3. The topological polar surface area (TPSA) is 47.4 Å². The van der Waals surface area contributed by atoms with Crippen LogP contribution in [0.3, 0.4) is 0 Å². The van der Waals surface area contributed by atoms with Gasteiger partial charge in [-0.2, -0.15) is 0 Å². The van der Waals surface area contributed by atoms with Crippen molar-refractivity contribution in [2.45, 2.75) is 26.6 Å². The summed E-state index contributed by atoms with van der Waals surface area (Å²) in [5.74, 6) is 0.837. The number of aromatic nitrogens is 2. The Balaban J connectivity index is 2.33. The van der Waals surface area contributed by atoms with Crippen LogP contribution in [0.5, 0.6) is 5.75 Å². The molecule has 0 N–H and O–H groups in total.